The van der Waals surface area contributed by atoms with E-state index in [0.29, 0.717) is 26.2 Å². The summed E-state index contributed by atoms with van der Waals surface area (Å²) >= 11 is 0. The predicted molar refractivity (Wildman–Crippen MR) is 102 cm³/mol. The van der Waals surface area contributed by atoms with E-state index in [4.69, 9.17) is 0 Å². The zero-order valence-electron chi connectivity index (χ0n) is 14.8. The number of nitrogens with one attached hydrogen (secondary N) is 2. The van der Waals surface area contributed by atoms with Crippen molar-refractivity contribution in [3.63, 3.8) is 0 Å². The molecule has 2 aliphatic heterocycles. The summed E-state index contributed by atoms with van der Waals surface area (Å²) in [7, 11) is -4.29. The van der Waals surface area contributed by atoms with Crippen molar-refractivity contribution >= 4 is 33.8 Å². The quantitative estimate of drug-likeness (QED) is 0.744. The van der Waals surface area contributed by atoms with Gasteiger partial charge in [0.2, 0.25) is 0 Å². The van der Waals surface area contributed by atoms with Crippen LogP contribution in [0.2, 0.25) is 0 Å². The highest BCUT2D eigenvalue weighted by molar-refractivity contribution is 7.92. The minimum atomic E-state index is -4.29. The van der Waals surface area contributed by atoms with Gasteiger partial charge in [-0.05, 0) is 30.3 Å². The molecule has 2 aliphatic rings. The highest BCUT2D eigenvalue weighted by atomic mass is 35.5. The van der Waals surface area contributed by atoms with E-state index in [2.05, 4.69) is 19.5 Å². The van der Waals surface area contributed by atoms with Crippen molar-refractivity contribution in [2.45, 2.75) is 11.2 Å². The Kier molecular flexibility index (Phi) is 5.74. The van der Waals surface area contributed by atoms with Crippen LogP contribution in [0.25, 0.3) is 0 Å². The maximum Gasteiger partial charge on any atom is 0.586 e. The fraction of sp³-hybridized carbons (Fsp3) is 0.294. The zero-order valence-corrected chi connectivity index (χ0v) is 16.5. The fourth-order valence-corrected chi connectivity index (χ4v) is 4.28. The van der Waals surface area contributed by atoms with Crippen LogP contribution in [0.4, 0.5) is 24.5 Å². The highest BCUT2D eigenvalue weighted by Gasteiger charge is 2.46. The molecule has 1 fully saturated rings. The molecule has 29 heavy (non-hydrogen) atoms. The molecule has 0 unspecified atom stereocenters. The zero-order chi connectivity index (χ0) is 19.9. The summed E-state index contributed by atoms with van der Waals surface area (Å²) in [5, 5.41) is 3.15. The summed E-state index contributed by atoms with van der Waals surface area (Å²) < 4.78 is 77.2. The lowest BCUT2D eigenvalue weighted by Gasteiger charge is -2.30. The summed E-state index contributed by atoms with van der Waals surface area (Å²) in [5.74, 6) is -1.44. The number of hydrogen-bond donors (Lipinski definition) is 2. The van der Waals surface area contributed by atoms with Gasteiger partial charge in [0, 0.05) is 26.2 Å². The number of halogens is 4. The summed E-state index contributed by atoms with van der Waals surface area (Å²) in [5.41, 5.74) is 0.351. The standard InChI is InChI=1S/C17H16F3N3O4S.ClH/c18-12-5-4-11(10-13(12)23-8-6-21-7-9-23)22-28(24,25)15-3-1-2-14-16(15)27-17(19,20)26-14;/h1-5,10,21-22H,6-9H2;1H. The lowest BCUT2D eigenvalue weighted by atomic mass is 10.2. The normalized spacial score (nSPS) is 17.6. The Balaban J connectivity index is 0.00000240. The molecule has 2 heterocycles. The molecule has 0 aliphatic carbocycles. The largest absolute Gasteiger partial charge is 0.586 e. The lowest BCUT2D eigenvalue weighted by Crippen LogP contribution is -2.43. The number of para-hydroxylation sites is 1. The van der Waals surface area contributed by atoms with Gasteiger partial charge in [0.25, 0.3) is 10.0 Å². The molecule has 158 valence electrons. The maximum atomic E-state index is 14.2. The third-order valence-electron chi connectivity index (χ3n) is 4.34. The van der Waals surface area contributed by atoms with E-state index in [9.17, 15) is 21.6 Å². The Morgan fingerprint density at radius 1 is 1.10 bits per heavy atom. The van der Waals surface area contributed by atoms with Gasteiger partial charge in [-0.25, -0.2) is 12.8 Å². The topological polar surface area (TPSA) is 79.9 Å². The van der Waals surface area contributed by atoms with E-state index >= 15 is 0 Å². The average molecular weight is 452 g/mol. The Bertz CT molecular complexity index is 1020. The van der Waals surface area contributed by atoms with E-state index in [0.717, 1.165) is 12.1 Å². The van der Waals surface area contributed by atoms with Gasteiger partial charge < -0.3 is 19.7 Å². The average Bonchev–Trinajstić information content (AvgIpc) is 2.97. The van der Waals surface area contributed by atoms with Gasteiger partial charge in [0.1, 0.15) is 10.7 Å². The van der Waals surface area contributed by atoms with Crippen molar-refractivity contribution in [1.29, 1.82) is 0 Å². The highest BCUT2D eigenvalue weighted by Crippen LogP contribution is 2.45. The molecule has 0 bridgehead atoms. The van der Waals surface area contributed by atoms with Gasteiger partial charge in [-0.2, -0.15) is 0 Å². The molecule has 2 aromatic rings. The Morgan fingerprint density at radius 3 is 2.55 bits per heavy atom. The number of rotatable bonds is 4. The monoisotopic (exact) mass is 451 g/mol. The molecule has 4 rings (SSSR count). The number of nitrogens with zero attached hydrogens (tertiary/aromatic N) is 1. The first-order chi connectivity index (χ1) is 13.3. The second-order valence-electron chi connectivity index (χ2n) is 6.26. The van der Waals surface area contributed by atoms with E-state index < -0.39 is 32.8 Å². The molecule has 2 N–H and O–H groups in total. The fourth-order valence-electron chi connectivity index (χ4n) is 3.09. The molecule has 1 saturated heterocycles. The second kappa shape index (κ2) is 7.81. The number of piperazine rings is 1. The Morgan fingerprint density at radius 2 is 1.83 bits per heavy atom. The van der Waals surface area contributed by atoms with E-state index in [-0.39, 0.29) is 29.5 Å². The Labute approximate surface area is 171 Å². The van der Waals surface area contributed by atoms with Crippen LogP contribution in [0.15, 0.2) is 41.3 Å². The first-order valence-corrected chi connectivity index (χ1v) is 9.90. The van der Waals surface area contributed by atoms with Crippen molar-refractivity contribution in [2.75, 3.05) is 35.8 Å². The number of benzene rings is 2. The molecule has 0 aromatic heterocycles. The number of fused-ring (bicyclic) bond motifs is 1. The lowest BCUT2D eigenvalue weighted by molar-refractivity contribution is -0.287. The maximum absolute atomic E-state index is 14.2. The molecule has 12 heteroatoms. The van der Waals surface area contributed by atoms with Crippen LogP contribution in [0.1, 0.15) is 0 Å². The van der Waals surface area contributed by atoms with Crippen LogP contribution in [0.3, 0.4) is 0 Å². The van der Waals surface area contributed by atoms with Gasteiger partial charge in [-0.1, -0.05) is 6.07 Å². The molecule has 2 aromatic carbocycles. The third-order valence-corrected chi connectivity index (χ3v) is 5.74. The van der Waals surface area contributed by atoms with Crippen LogP contribution < -0.4 is 24.4 Å². The van der Waals surface area contributed by atoms with Gasteiger partial charge in [0.15, 0.2) is 11.5 Å². The number of anilines is 2. The van der Waals surface area contributed by atoms with Gasteiger partial charge in [-0.3, -0.25) is 4.72 Å². The minimum Gasteiger partial charge on any atom is -0.395 e. The van der Waals surface area contributed by atoms with Crippen molar-refractivity contribution in [3.05, 3.63) is 42.2 Å². The first kappa shape index (κ1) is 21.3. The SMILES string of the molecule is Cl.O=S(=O)(Nc1ccc(F)c(N2CCNCC2)c1)c1cccc2c1OC(F)(F)O2. The van der Waals surface area contributed by atoms with Crippen molar-refractivity contribution in [3.8, 4) is 11.5 Å². The van der Waals surface area contributed by atoms with Crippen LogP contribution in [0, 0.1) is 5.82 Å². The van der Waals surface area contributed by atoms with Gasteiger partial charge in [-0.15, -0.1) is 21.2 Å². The molecule has 0 saturated carbocycles. The first-order valence-electron chi connectivity index (χ1n) is 8.42. The summed E-state index contributed by atoms with van der Waals surface area (Å²) in [6, 6.07) is 7.33. The third kappa shape index (κ3) is 4.31. The van der Waals surface area contributed by atoms with E-state index in [1.807, 2.05) is 0 Å². The van der Waals surface area contributed by atoms with E-state index in [1.165, 1.54) is 24.3 Å². The Hall–Kier alpha value is -2.37. The van der Waals surface area contributed by atoms with Crippen molar-refractivity contribution in [1.82, 2.24) is 5.32 Å². The summed E-state index contributed by atoms with van der Waals surface area (Å²) in [4.78, 5) is 1.29. The smallest absolute Gasteiger partial charge is 0.395 e. The molecule has 0 atom stereocenters. The second-order valence-corrected chi connectivity index (χ2v) is 7.91. The predicted octanol–water partition coefficient (Wildman–Crippen LogP) is 2.78. The number of hydrogen-bond acceptors (Lipinski definition) is 6. The van der Waals surface area contributed by atoms with Crippen LogP contribution in [-0.2, 0) is 10.0 Å². The molecular weight excluding hydrogens is 435 g/mol. The molecule has 0 amide bonds. The van der Waals surface area contributed by atoms with Crippen LogP contribution in [-0.4, -0.2) is 40.9 Å². The number of sulfonamides is 1. The van der Waals surface area contributed by atoms with Gasteiger partial charge in [0.05, 0.1) is 11.4 Å². The van der Waals surface area contributed by atoms with Crippen LogP contribution in [0.5, 0.6) is 11.5 Å². The van der Waals surface area contributed by atoms with Crippen molar-refractivity contribution in [2.24, 2.45) is 0 Å². The van der Waals surface area contributed by atoms with Crippen molar-refractivity contribution < 1.29 is 31.1 Å². The molecule has 7 nitrogen and oxygen atoms in total. The van der Waals surface area contributed by atoms with Crippen LogP contribution >= 0.6 is 12.4 Å². The summed E-state index contributed by atoms with van der Waals surface area (Å²) in [6.07, 6.45) is -3.95. The summed E-state index contributed by atoms with van der Waals surface area (Å²) in [6.45, 7) is 2.49. The van der Waals surface area contributed by atoms with Gasteiger partial charge >= 0.3 is 6.29 Å². The molecular formula is C17H17ClF3N3O4S. The molecule has 0 radical (unpaired) electrons. The molecule has 0 spiro atoms. The minimum absolute atomic E-state index is 0. The number of alkyl halides is 2. The van der Waals surface area contributed by atoms with E-state index in [1.54, 1.807) is 4.90 Å². The number of ether oxygens (including phenoxy) is 2.